The maximum atomic E-state index is 13.7. The minimum absolute atomic E-state index is 0.141. The van der Waals surface area contributed by atoms with E-state index in [0.29, 0.717) is 12.0 Å². The molecule has 0 amide bonds. The monoisotopic (exact) mass is 253 g/mol. The quantitative estimate of drug-likeness (QED) is 0.872. The van der Waals surface area contributed by atoms with Gasteiger partial charge in [-0.15, -0.1) is 0 Å². The maximum absolute atomic E-state index is 13.7. The number of fused-ring (bicyclic) bond motifs is 1. The first kappa shape index (κ1) is 12.1. The molecule has 1 aromatic rings. The highest BCUT2D eigenvalue weighted by atomic mass is 19.1. The van der Waals surface area contributed by atoms with Crippen molar-refractivity contribution in [1.29, 1.82) is 0 Å². The van der Waals surface area contributed by atoms with E-state index in [-0.39, 0.29) is 12.5 Å². The molecule has 1 N–H and O–H groups in total. The third-order valence-corrected chi connectivity index (χ3v) is 4.33. The van der Waals surface area contributed by atoms with Gasteiger partial charge in [-0.1, -0.05) is 6.07 Å². The van der Waals surface area contributed by atoms with Gasteiger partial charge in [0.15, 0.2) is 0 Å². The molecule has 2 unspecified atom stereocenters. The smallest absolute Gasteiger partial charge is 0.129 e. The first-order valence-electron chi connectivity index (χ1n) is 6.49. The molecule has 0 aromatic heterocycles. The van der Waals surface area contributed by atoms with E-state index in [0.717, 1.165) is 32.0 Å². The Kier molecular flexibility index (Phi) is 2.87. The first-order chi connectivity index (χ1) is 8.58. The van der Waals surface area contributed by atoms with Gasteiger partial charge in [0.25, 0.3) is 0 Å². The van der Waals surface area contributed by atoms with Gasteiger partial charge in [-0.3, -0.25) is 4.90 Å². The largest absolute Gasteiger partial charge is 0.388 e. The Morgan fingerprint density at radius 2 is 2.17 bits per heavy atom. The molecule has 2 atom stereocenters. The zero-order valence-corrected chi connectivity index (χ0v) is 10.2. The van der Waals surface area contributed by atoms with Gasteiger partial charge in [0.05, 0.1) is 5.60 Å². The second-order valence-corrected chi connectivity index (χ2v) is 5.46. The van der Waals surface area contributed by atoms with E-state index in [9.17, 15) is 13.9 Å². The van der Waals surface area contributed by atoms with Crippen LogP contribution in [-0.2, 0) is 6.42 Å². The summed E-state index contributed by atoms with van der Waals surface area (Å²) in [5, 5.41) is 10.7. The second kappa shape index (κ2) is 4.28. The molecule has 2 aliphatic heterocycles. The van der Waals surface area contributed by atoms with Crippen LogP contribution in [-0.4, -0.2) is 34.7 Å². The molecule has 18 heavy (non-hydrogen) atoms. The molecule has 2 heterocycles. The van der Waals surface area contributed by atoms with Crippen molar-refractivity contribution < 1.29 is 13.9 Å². The van der Waals surface area contributed by atoms with Crippen LogP contribution >= 0.6 is 0 Å². The zero-order chi connectivity index (χ0) is 12.8. The molecule has 0 spiro atoms. The highest BCUT2D eigenvalue weighted by molar-refractivity contribution is 5.22. The molecule has 2 aliphatic rings. The Morgan fingerprint density at radius 3 is 2.94 bits per heavy atom. The average Bonchev–Trinajstić information content (AvgIpc) is 2.88. The molecule has 0 saturated carbocycles. The highest BCUT2D eigenvalue weighted by Gasteiger charge is 2.47. The third kappa shape index (κ3) is 1.93. The Morgan fingerprint density at radius 1 is 1.33 bits per heavy atom. The summed E-state index contributed by atoms with van der Waals surface area (Å²) in [7, 11) is 0. The van der Waals surface area contributed by atoms with Gasteiger partial charge in [0.2, 0.25) is 0 Å². The Balaban J connectivity index is 1.83. The van der Waals surface area contributed by atoms with Gasteiger partial charge in [0, 0.05) is 25.1 Å². The standard InChI is InChI=1S/C14H17F2NO/c15-11-4-3-10(12(16)8-11)9-14(18)5-7-17-6-1-2-13(14)17/h3-4,8,13,18H,1-2,5-7,9H2. The number of hydrogen-bond acceptors (Lipinski definition) is 2. The third-order valence-electron chi connectivity index (χ3n) is 4.33. The highest BCUT2D eigenvalue weighted by Crippen LogP contribution is 2.38. The molecule has 2 fully saturated rings. The maximum Gasteiger partial charge on any atom is 0.129 e. The van der Waals surface area contributed by atoms with Crippen molar-refractivity contribution in [3.8, 4) is 0 Å². The van der Waals surface area contributed by atoms with E-state index in [1.54, 1.807) is 0 Å². The number of halogens is 2. The predicted octanol–water partition coefficient (Wildman–Crippen LogP) is 2.11. The van der Waals surface area contributed by atoms with Gasteiger partial charge in [-0.25, -0.2) is 8.78 Å². The van der Waals surface area contributed by atoms with E-state index in [1.165, 1.54) is 12.1 Å². The van der Waals surface area contributed by atoms with Gasteiger partial charge in [0.1, 0.15) is 11.6 Å². The van der Waals surface area contributed by atoms with Gasteiger partial charge >= 0.3 is 0 Å². The number of hydrogen-bond donors (Lipinski definition) is 1. The number of rotatable bonds is 2. The molecular weight excluding hydrogens is 236 g/mol. The summed E-state index contributed by atoms with van der Waals surface area (Å²) in [5.41, 5.74) is -0.442. The molecule has 2 saturated heterocycles. The van der Waals surface area contributed by atoms with Gasteiger partial charge < -0.3 is 5.11 Å². The Bertz CT molecular complexity index is 465. The lowest BCUT2D eigenvalue weighted by Gasteiger charge is -2.30. The summed E-state index contributed by atoms with van der Waals surface area (Å²) in [4.78, 5) is 2.28. The normalized spacial score (nSPS) is 31.8. The molecule has 3 rings (SSSR count). The summed E-state index contributed by atoms with van der Waals surface area (Å²) >= 11 is 0. The van der Waals surface area contributed by atoms with Gasteiger partial charge in [-0.2, -0.15) is 0 Å². The summed E-state index contributed by atoms with van der Waals surface area (Å²) in [6.07, 6.45) is 3.02. The molecule has 2 nitrogen and oxygen atoms in total. The molecule has 0 radical (unpaired) electrons. The Hall–Kier alpha value is -1.00. The van der Waals surface area contributed by atoms with Crippen LogP contribution < -0.4 is 0 Å². The van der Waals surface area contributed by atoms with Crippen molar-refractivity contribution in [3.63, 3.8) is 0 Å². The minimum Gasteiger partial charge on any atom is -0.388 e. The van der Waals surface area contributed by atoms with E-state index in [4.69, 9.17) is 0 Å². The van der Waals surface area contributed by atoms with Crippen molar-refractivity contribution in [3.05, 3.63) is 35.4 Å². The number of benzene rings is 1. The topological polar surface area (TPSA) is 23.5 Å². The van der Waals surface area contributed by atoms with Crippen LogP contribution in [0.5, 0.6) is 0 Å². The lowest BCUT2D eigenvalue weighted by atomic mass is 9.86. The van der Waals surface area contributed by atoms with Crippen molar-refractivity contribution >= 4 is 0 Å². The summed E-state index contributed by atoms with van der Waals surface area (Å²) in [6, 6.07) is 3.73. The summed E-state index contributed by atoms with van der Waals surface area (Å²) in [5.74, 6) is -1.13. The van der Waals surface area contributed by atoms with Crippen LogP contribution in [0.4, 0.5) is 8.78 Å². The van der Waals surface area contributed by atoms with E-state index in [2.05, 4.69) is 4.90 Å². The van der Waals surface area contributed by atoms with Crippen LogP contribution in [0.1, 0.15) is 24.8 Å². The summed E-state index contributed by atoms with van der Waals surface area (Å²) in [6.45, 7) is 1.91. The number of nitrogens with zero attached hydrogens (tertiary/aromatic N) is 1. The Labute approximate surface area is 105 Å². The molecule has 1 aromatic carbocycles. The fourth-order valence-corrected chi connectivity index (χ4v) is 3.41. The van der Waals surface area contributed by atoms with Crippen LogP contribution in [0.2, 0.25) is 0 Å². The lowest BCUT2D eigenvalue weighted by molar-refractivity contribution is 0.0133. The average molecular weight is 253 g/mol. The molecular formula is C14H17F2NO. The van der Waals surface area contributed by atoms with E-state index >= 15 is 0 Å². The van der Waals surface area contributed by atoms with Crippen molar-refractivity contribution in [2.24, 2.45) is 0 Å². The fraction of sp³-hybridized carbons (Fsp3) is 0.571. The minimum atomic E-state index is -0.852. The van der Waals surface area contributed by atoms with Crippen LogP contribution in [0, 0.1) is 11.6 Å². The zero-order valence-electron chi connectivity index (χ0n) is 10.2. The SMILES string of the molecule is OC1(Cc2ccc(F)cc2F)CCN2CCCC21. The molecule has 0 bridgehead atoms. The van der Waals surface area contributed by atoms with Crippen LogP contribution in [0.25, 0.3) is 0 Å². The molecule has 0 aliphatic carbocycles. The fourth-order valence-electron chi connectivity index (χ4n) is 3.41. The van der Waals surface area contributed by atoms with E-state index < -0.39 is 17.2 Å². The lowest BCUT2D eigenvalue weighted by Crippen LogP contribution is -2.43. The second-order valence-electron chi connectivity index (χ2n) is 5.46. The molecule has 4 heteroatoms. The molecule has 98 valence electrons. The predicted molar refractivity (Wildman–Crippen MR) is 64.2 cm³/mol. The van der Waals surface area contributed by atoms with Crippen LogP contribution in [0.15, 0.2) is 18.2 Å². The first-order valence-corrected chi connectivity index (χ1v) is 6.49. The summed E-state index contributed by atoms with van der Waals surface area (Å²) < 4.78 is 26.5. The van der Waals surface area contributed by atoms with Crippen molar-refractivity contribution in [2.45, 2.75) is 37.3 Å². The number of aliphatic hydroxyl groups is 1. The van der Waals surface area contributed by atoms with E-state index in [1.807, 2.05) is 0 Å². The van der Waals surface area contributed by atoms with Gasteiger partial charge in [-0.05, 0) is 37.4 Å². The van der Waals surface area contributed by atoms with Crippen molar-refractivity contribution in [1.82, 2.24) is 4.90 Å². The van der Waals surface area contributed by atoms with Crippen molar-refractivity contribution in [2.75, 3.05) is 13.1 Å². The van der Waals surface area contributed by atoms with Crippen LogP contribution in [0.3, 0.4) is 0 Å².